The van der Waals surface area contributed by atoms with E-state index in [9.17, 15) is 0 Å². The van der Waals surface area contributed by atoms with Crippen molar-refractivity contribution in [2.75, 3.05) is 24.2 Å². The molecule has 12 heavy (non-hydrogen) atoms. The van der Waals surface area contributed by atoms with Gasteiger partial charge in [-0.25, -0.2) is 0 Å². The zero-order chi connectivity index (χ0) is 8.97. The third-order valence-corrected chi connectivity index (χ3v) is 1.83. The maximum Gasteiger partial charge on any atom is 0.233 e. The Morgan fingerprint density at radius 2 is 2.42 bits per heavy atom. The van der Waals surface area contributed by atoms with Crippen molar-refractivity contribution in [2.45, 2.75) is 6.10 Å². The Kier molecular flexibility index (Phi) is 3.20. The van der Waals surface area contributed by atoms with Crippen molar-refractivity contribution in [1.29, 1.82) is 0 Å². The van der Waals surface area contributed by atoms with Crippen LogP contribution in [0.2, 0.25) is 0 Å². The van der Waals surface area contributed by atoms with Gasteiger partial charge >= 0.3 is 0 Å². The number of nitrogens with two attached hydrogens (primary N) is 1. The normalized spacial score (nSPS) is 12.8. The first-order valence-corrected chi connectivity index (χ1v) is 4.11. The van der Waals surface area contributed by atoms with Crippen LogP contribution in [0.25, 0.3) is 0 Å². The van der Waals surface area contributed by atoms with E-state index in [0.29, 0.717) is 5.13 Å². The molecule has 0 saturated heterocycles. The monoisotopic (exact) mass is 190 g/mol. The Bertz CT molecular complexity index is 241. The summed E-state index contributed by atoms with van der Waals surface area (Å²) in [4.78, 5) is 3.80. The van der Waals surface area contributed by atoms with Crippen LogP contribution in [0.1, 0.15) is 0 Å². The number of aliphatic hydroxyl groups is 2. The average Bonchev–Trinajstić information content (AvgIpc) is 2.47. The summed E-state index contributed by atoms with van der Waals surface area (Å²) >= 11 is 1.11. The van der Waals surface area contributed by atoms with Gasteiger partial charge in [-0.15, -0.1) is 0 Å². The molecule has 5 N–H and O–H groups in total. The van der Waals surface area contributed by atoms with E-state index in [1.54, 1.807) is 0 Å². The number of nitrogens with zero attached hydrogens (tertiary/aromatic N) is 2. The molecule has 0 radical (unpaired) electrons. The Balaban J connectivity index is 2.33. The fraction of sp³-hybridized carbons (Fsp3) is 0.600. The van der Waals surface area contributed by atoms with Gasteiger partial charge in [-0.3, -0.25) is 0 Å². The lowest BCUT2D eigenvalue weighted by molar-refractivity contribution is 0.105. The van der Waals surface area contributed by atoms with E-state index in [0.717, 1.165) is 11.5 Å². The fourth-order valence-electron chi connectivity index (χ4n) is 0.576. The number of rotatable bonds is 4. The van der Waals surface area contributed by atoms with E-state index in [2.05, 4.69) is 14.7 Å². The molecule has 0 aliphatic carbocycles. The van der Waals surface area contributed by atoms with E-state index in [4.69, 9.17) is 15.9 Å². The van der Waals surface area contributed by atoms with Crippen LogP contribution < -0.4 is 11.1 Å². The molecule has 0 aliphatic heterocycles. The van der Waals surface area contributed by atoms with Crippen molar-refractivity contribution in [3.63, 3.8) is 0 Å². The summed E-state index contributed by atoms with van der Waals surface area (Å²) in [6.45, 7) is -0.0353. The molecule has 0 aromatic carbocycles. The van der Waals surface area contributed by atoms with Crippen LogP contribution in [0.4, 0.5) is 11.1 Å². The summed E-state index contributed by atoms with van der Waals surface area (Å²) in [5.74, 6) is 0.209. The Morgan fingerprint density at radius 1 is 1.67 bits per heavy atom. The van der Waals surface area contributed by atoms with Gasteiger partial charge in [0.1, 0.15) is 0 Å². The van der Waals surface area contributed by atoms with E-state index in [-0.39, 0.29) is 19.1 Å². The highest BCUT2D eigenvalue weighted by Crippen LogP contribution is 2.10. The summed E-state index contributed by atoms with van der Waals surface area (Å²) in [7, 11) is 0. The minimum absolute atomic E-state index is 0.209. The smallest absolute Gasteiger partial charge is 0.233 e. The minimum Gasteiger partial charge on any atom is -0.394 e. The summed E-state index contributed by atoms with van der Waals surface area (Å²) in [6.07, 6.45) is -0.782. The van der Waals surface area contributed by atoms with Gasteiger partial charge in [0.2, 0.25) is 11.1 Å². The van der Waals surface area contributed by atoms with E-state index >= 15 is 0 Å². The Morgan fingerprint density at radius 3 is 2.92 bits per heavy atom. The first-order chi connectivity index (χ1) is 5.72. The molecule has 6 nitrogen and oxygen atoms in total. The third kappa shape index (κ3) is 2.61. The molecular weight excluding hydrogens is 180 g/mol. The Labute approximate surface area is 73.2 Å². The molecule has 1 aromatic heterocycles. The highest BCUT2D eigenvalue weighted by molar-refractivity contribution is 7.09. The molecule has 68 valence electrons. The van der Waals surface area contributed by atoms with Crippen LogP contribution in [-0.2, 0) is 0 Å². The van der Waals surface area contributed by atoms with Crippen molar-refractivity contribution in [3.05, 3.63) is 0 Å². The number of aromatic nitrogens is 2. The van der Waals surface area contributed by atoms with Gasteiger partial charge < -0.3 is 21.3 Å². The second-order valence-electron chi connectivity index (χ2n) is 2.18. The van der Waals surface area contributed by atoms with E-state index in [1.807, 2.05) is 0 Å². The average molecular weight is 190 g/mol. The van der Waals surface area contributed by atoms with Gasteiger partial charge in [-0.1, -0.05) is 0 Å². The molecule has 1 rings (SSSR count). The maximum absolute atomic E-state index is 8.94. The van der Waals surface area contributed by atoms with Crippen molar-refractivity contribution in [3.8, 4) is 0 Å². The molecule has 1 heterocycles. The topological polar surface area (TPSA) is 104 Å². The number of hydrogen-bond donors (Lipinski definition) is 4. The van der Waals surface area contributed by atoms with Crippen LogP contribution in [0, 0.1) is 0 Å². The molecular formula is C5H10N4O2S. The number of nitrogens with one attached hydrogen (secondary N) is 1. The van der Waals surface area contributed by atoms with Gasteiger partial charge in [-0.05, 0) is 0 Å². The van der Waals surface area contributed by atoms with Gasteiger partial charge in [0.05, 0.1) is 12.7 Å². The Hall–Kier alpha value is -0.920. The number of hydrogen-bond acceptors (Lipinski definition) is 7. The maximum atomic E-state index is 8.94. The molecule has 0 saturated carbocycles. The summed E-state index contributed by atoms with van der Waals surface area (Å²) in [5.41, 5.74) is 5.25. The first kappa shape index (κ1) is 9.17. The van der Waals surface area contributed by atoms with Crippen LogP contribution in [0.5, 0.6) is 0 Å². The standard InChI is InChI=1S/C5H10N4O2S/c6-4-8-5(12-9-4)7-1-3(11)2-10/h3,10-11H,1-2H2,(H3,6,7,8,9). The quantitative estimate of drug-likeness (QED) is 0.479. The predicted octanol–water partition coefficient (Wildman–Crippen LogP) is -1.11. The molecule has 0 aliphatic rings. The summed E-state index contributed by atoms with van der Waals surface area (Å²) < 4.78 is 3.72. The van der Waals surface area contributed by atoms with Crippen molar-refractivity contribution >= 4 is 22.6 Å². The third-order valence-electron chi connectivity index (χ3n) is 1.14. The molecule has 1 unspecified atom stereocenters. The van der Waals surface area contributed by atoms with Gasteiger partial charge in [-0.2, -0.15) is 9.36 Å². The first-order valence-electron chi connectivity index (χ1n) is 3.34. The summed E-state index contributed by atoms with van der Waals surface area (Å²) in [5, 5.41) is 20.7. The fourth-order valence-corrected chi connectivity index (χ4v) is 1.08. The molecule has 1 aromatic rings. The van der Waals surface area contributed by atoms with Crippen LogP contribution >= 0.6 is 11.5 Å². The van der Waals surface area contributed by atoms with Crippen LogP contribution in [0.15, 0.2) is 0 Å². The molecule has 1 atom stereocenters. The van der Waals surface area contributed by atoms with Crippen molar-refractivity contribution in [1.82, 2.24) is 9.36 Å². The molecule has 0 spiro atoms. The molecule has 7 heteroatoms. The highest BCUT2D eigenvalue weighted by atomic mass is 32.1. The van der Waals surface area contributed by atoms with Gasteiger partial charge in [0, 0.05) is 18.1 Å². The lowest BCUT2D eigenvalue weighted by atomic mass is 10.4. The lowest BCUT2D eigenvalue weighted by Gasteiger charge is -2.05. The number of aliphatic hydroxyl groups excluding tert-OH is 2. The van der Waals surface area contributed by atoms with Crippen molar-refractivity contribution < 1.29 is 10.2 Å². The second-order valence-corrected chi connectivity index (χ2v) is 2.93. The molecule has 0 fully saturated rings. The lowest BCUT2D eigenvalue weighted by Crippen LogP contribution is -2.22. The van der Waals surface area contributed by atoms with Crippen LogP contribution in [0.3, 0.4) is 0 Å². The SMILES string of the molecule is Nc1nsc(NCC(O)CO)n1. The highest BCUT2D eigenvalue weighted by Gasteiger charge is 2.03. The zero-order valence-electron chi connectivity index (χ0n) is 6.27. The predicted molar refractivity (Wildman–Crippen MR) is 45.9 cm³/mol. The van der Waals surface area contributed by atoms with Crippen molar-refractivity contribution in [2.24, 2.45) is 0 Å². The molecule has 0 bridgehead atoms. The largest absolute Gasteiger partial charge is 0.394 e. The van der Waals surface area contributed by atoms with Crippen LogP contribution in [-0.4, -0.2) is 38.8 Å². The van der Waals surface area contributed by atoms with E-state index < -0.39 is 6.10 Å². The summed E-state index contributed by atoms with van der Waals surface area (Å²) in [6, 6.07) is 0. The molecule has 0 amide bonds. The zero-order valence-corrected chi connectivity index (χ0v) is 7.08. The minimum atomic E-state index is -0.782. The van der Waals surface area contributed by atoms with E-state index in [1.165, 1.54) is 0 Å². The van der Waals surface area contributed by atoms with Gasteiger partial charge in [0.15, 0.2) is 0 Å². The number of anilines is 2. The second kappa shape index (κ2) is 4.19. The van der Waals surface area contributed by atoms with Gasteiger partial charge in [0.25, 0.3) is 0 Å². The number of nitrogen functional groups attached to an aromatic ring is 1.